The zero-order chi connectivity index (χ0) is 11.8. The van der Waals surface area contributed by atoms with Gasteiger partial charge < -0.3 is 5.11 Å². The predicted octanol–water partition coefficient (Wildman–Crippen LogP) is 1.38. The van der Waals surface area contributed by atoms with Crippen molar-refractivity contribution in [2.75, 3.05) is 13.2 Å². The van der Waals surface area contributed by atoms with Crippen LogP contribution in [-0.2, 0) is 17.7 Å². The molecule has 1 atom stereocenters. The summed E-state index contributed by atoms with van der Waals surface area (Å²) in [7, 11) is 0. The SMILES string of the molecule is O=C(c1cc2c(s1)CCCC2)N1CC(O)CO1. The van der Waals surface area contributed by atoms with Crippen LogP contribution in [0.1, 0.15) is 33.0 Å². The molecule has 1 aromatic rings. The fraction of sp³-hybridized carbons (Fsp3) is 0.583. The fourth-order valence-corrected chi connectivity index (χ4v) is 3.53. The number of carbonyl (C=O) groups is 1. The normalized spacial score (nSPS) is 23.8. The summed E-state index contributed by atoms with van der Waals surface area (Å²) in [5.74, 6) is -0.110. The van der Waals surface area contributed by atoms with Crippen molar-refractivity contribution >= 4 is 17.2 Å². The Bertz CT molecular complexity index is 419. The minimum atomic E-state index is -0.548. The van der Waals surface area contributed by atoms with E-state index in [1.165, 1.54) is 28.3 Å². The van der Waals surface area contributed by atoms with Gasteiger partial charge in [-0.3, -0.25) is 9.63 Å². The van der Waals surface area contributed by atoms with Crippen LogP contribution < -0.4 is 0 Å². The number of aliphatic hydroxyl groups excluding tert-OH is 1. The second-order valence-electron chi connectivity index (χ2n) is 4.58. The van der Waals surface area contributed by atoms with Crippen molar-refractivity contribution < 1.29 is 14.7 Å². The summed E-state index contributed by atoms with van der Waals surface area (Å²) in [5, 5.41) is 10.6. The van der Waals surface area contributed by atoms with Gasteiger partial charge in [0.25, 0.3) is 5.91 Å². The van der Waals surface area contributed by atoms with Crippen LogP contribution in [0.15, 0.2) is 6.07 Å². The lowest BCUT2D eigenvalue weighted by molar-refractivity contribution is -0.0776. The molecule has 5 heteroatoms. The second-order valence-corrected chi connectivity index (χ2v) is 5.72. The van der Waals surface area contributed by atoms with Crippen LogP contribution in [0, 0.1) is 0 Å². The number of nitrogens with zero attached hydrogens (tertiary/aromatic N) is 1. The van der Waals surface area contributed by atoms with Gasteiger partial charge in [-0.05, 0) is 37.3 Å². The molecule has 1 unspecified atom stereocenters. The van der Waals surface area contributed by atoms with Gasteiger partial charge in [0, 0.05) is 4.88 Å². The third kappa shape index (κ3) is 2.10. The first-order chi connectivity index (χ1) is 8.24. The molecule has 1 aliphatic heterocycles. The first-order valence-corrected chi connectivity index (χ1v) is 6.80. The third-order valence-corrected chi connectivity index (χ3v) is 4.46. The van der Waals surface area contributed by atoms with Gasteiger partial charge in [-0.1, -0.05) is 0 Å². The number of thiophene rings is 1. The summed E-state index contributed by atoms with van der Waals surface area (Å²) in [6.07, 6.45) is 4.07. The highest BCUT2D eigenvalue weighted by atomic mass is 32.1. The Hall–Kier alpha value is -0.910. The van der Waals surface area contributed by atoms with Gasteiger partial charge in [0.05, 0.1) is 11.4 Å². The molecule has 1 saturated heterocycles. The Balaban J connectivity index is 1.79. The number of rotatable bonds is 1. The summed E-state index contributed by atoms with van der Waals surface area (Å²) >= 11 is 1.58. The molecular weight excluding hydrogens is 238 g/mol. The zero-order valence-electron chi connectivity index (χ0n) is 9.52. The molecule has 4 nitrogen and oxygen atoms in total. The molecule has 1 aromatic heterocycles. The van der Waals surface area contributed by atoms with Crippen LogP contribution in [0.3, 0.4) is 0 Å². The van der Waals surface area contributed by atoms with Crippen LogP contribution in [0.2, 0.25) is 0 Å². The minimum absolute atomic E-state index is 0.110. The van der Waals surface area contributed by atoms with E-state index >= 15 is 0 Å². The molecule has 0 radical (unpaired) electrons. The maximum atomic E-state index is 12.1. The molecule has 92 valence electrons. The number of amides is 1. The molecule has 0 aromatic carbocycles. The number of aliphatic hydroxyl groups is 1. The van der Waals surface area contributed by atoms with E-state index in [0.29, 0.717) is 0 Å². The van der Waals surface area contributed by atoms with Gasteiger partial charge in [0.1, 0.15) is 12.7 Å². The number of hydrogen-bond acceptors (Lipinski definition) is 4. The maximum absolute atomic E-state index is 12.1. The van der Waals surface area contributed by atoms with Gasteiger partial charge >= 0.3 is 0 Å². The van der Waals surface area contributed by atoms with Gasteiger partial charge in [0.15, 0.2) is 0 Å². The molecule has 0 saturated carbocycles. The molecule has 17 heavy (non-hydrogen) atoms. The second kappa shape index (κ2) is 4.40. The first kappa shape index (κ1) is 11.2. The Kier molecular flexibility index (Phi) is 2.90. The molecule has 2 aliphatic rings. The molecule has 0 bridgehead atoms. The summed E-state index contributed by atoms with van der Waals surface area (Å²) < 4.78 is 0. The number of hydroxylamine groups is 2. The zero-order valence-corrected chi connectivity index (χ0v) is 10.3. The van der Waals surface area contributed by atoms with E-state index in [2.05, 4.69) is 0 Å². The van der Waals surface area contributed by atoms with Crippen molar-refractivity contribution in [2.45, 2.75) is 31.8 Å². The van der Waals surface area contributed by atoms with Crippen molar-refractivity contribution in [1.82, 2.24) is 5.06 Å². The van der Waals surface area contributed by atoms with Crippen LogP contribution in [0.25, 0.3) is 0 Å². The highest BCUT2D eigenvalue weighted by molar-refractivity contribution is 7.14. The first-order valence-electron chi connectivity index (χ1n) is 5.98. The molecular formula is C12H15NO3S. The van der Waals surface area contributed by atoms with Gasteiger partial charge in [0.2, 0.25) is 0 Å². The quantitative estimate of drug-likeness (QED) is 0.822. The average Bonchev–Trinajstić information content (AvgIpc) is 2.93. The van der Waals surface area contributed by atoms with E-state index in [1.807, 2.05) is 6.07 Å². The maximum Gasteiger partial charge on any atom is 0.287 e. The van der Waals surface area contributed by atoms with Crippen LogP contribution >= 0.6 is 11.3 Å². The van der Waals surface area contributed by atoms with E-state index < -0.39 is 6.10 Å². The Morgan fingerprint density at radius 3 is 3.00 bits per heavy atom. The molecule has 1 N–H and O–H groups in total. The summed E-state index contributed by atoms with van der Waals surface area (Å²) in [5.41, 5.74) is 1.32. The lowest BCUT2D eigenvalue weighted by atomic mass is 9.99. The van der Waals surface area contributed by atoms with Gasteiger partial charge in [-0.2, -0.15) is 0 Å². The van der Waals surface area contributed by atoms with Crippen LogP contribution in [0.4, 0.5) is 0 Å². The fourth-order valence-electron chi connectivity index (χ4n) is 2.33. The lowest BCUT2D eigenvalue weighted by Crippen LogP contribution is -2.27. The summed E-state index contributed by atoms with van der Waals surface area (Å²) in [6, 6.07) is 2.00. The van der Waals surface area contributed by atoms with E-state index in [1.54, 1.807) is 11.3 Å². The molecule has 0 spiro atoms. The van der Waals surface area contributed by atoms with E-state index in [9.17, 15) is 9.90 Å². The number of aryl methyl sites for hydroxylation is 2. The highest BCUT2D eigenvalue weighted by Gasteiger charge is 2.28. The van der Waals surface area contributed by atoms with Gasteiger partial charge in [-0.25, -0.2) is 5.06 Å². The number of hydrogen-bond donors (Lipinski definition) is 1. The van der Waals surface area contributed by atoms with Crippen molar-refractivity contribution in [3.8, 4) is 0 Å². The number of β-amino-alcohol motifs (C(OH)–C–C–N with tert-alkyl or cyclic N) is 1. The topological polar surface area (TPSA) is 49.8 Å². The smallest absolute Gasteiger partial charge is 0.287 e. The summed E-state index contributed by atoms with van der Waals surface area (Å²) in [4.78, 5) is 19.4. The molecule has 1 aliphatic carbocycles. The van der Waals surface area contributed by atoms with Crippen molar-refractivity contribution in [3.63, 3.8) is 0 Å². The number of carbonyl (C=O) groups excluding carboxylic acids is 1. The average molecular weight is 253 g/mol. The van der Waals surface area contributed by atoms with E-state index in [0.717, 1.165) is 17.7 Å². The predicted molar refractivity (Wildman–Crippen MR) is 64.0 cm³/mol. The van der Waals surface area contributed by atoms with Gasteiger partial charge in [-0.15, -0.1) is 11.3 Å². The third-order valence-electron chi connectivity index (χ3n) is 3.23. The minimum Gasteiger partial charge on any atom is -0.389 e. The molecule has 1 amide bonds. The van der Waals surface area contributed by atoms with Crippen molar-refractivity contribution in [3.05, 3.63) is 21.4 Å². The Labute approximate surface area is 104 Å². The molecule has 2 heterocycles. The largest absolute Gasteiger partial charge is 0.389 e. The number of fused-ring (bicyclic) bond motifs is 1. The van der Waals surface area contributed by atoms with Crippen LogP contribution in [-0.4, -0.2) is 35.3 Å². The van der Waals surface area contributed by atoms with Crippen molar-refractivity contribution in [1.29, 1.82) is 0 Å². The van der Waals surface area contributed by atoms with Crippen molar-refractivity contribution in [2.24, 2.45) is 0 Å². The Morgan fingerprint density at radius 1 is 1.47 bits per heavy atom. The van der Waals surface area contributed by atoms with E-state index in [4.69, 9.17) is 4.84 Å². The molecule has 1 fully saturated rings. The monoisotopic (exact) mass is 253 g/mol. The lowest BCUT2D eigenvalue weighted by Gasteiger charge is -2.11. The van der Waals surface area contributed by atoms with E-state index in [-0.39, 0.29) is 19.1 Å². The Morgan fingerprint density at radius 2 is 2.29 bits per heavy atom. The summed E-state index contributed by atoms with van der Waals surface area (Å²) in [6.45, 7) is 0.498. The standard InChI is InChI=1S/C12H15NO3S/c14-9-6-13(16-7-9)12(15)11-5-8-3-1-2-4-10(8)17-11/h5,9,14H,1-4,6-7H2. The highest BCUT2D eigenvalue weighted by Crippen LogP contribution is 2.30. The van der Waals surface area contributed by atoms with Crippen LogP contribution in [0.5, 0.6) is 0 Å². The molecule has 3 rings (SSSR count).